The van der Waals surface area contributed by atoms with Crippen molar-refractivity contribution in [2.75, 3.05) is 0 Å². The second-order valence-corrected chi connectivity index (χ2v) is 3.56. The fourth-order valence-corrected chi connectivity index (χ4v) is 1.19. The molecule has 0 aromatic rings. The van der Waals surface area contributed by atoms with Gasteiger partial charge in [0.2, 0.25) is 5.00 Å². The Morgan fingerprint density at radius 1 is 1.50 bits per heavy atom. The number of carbonyl (C=O) groups is 1. The van der Waals surface area contributed by atoms with Crippen molar-refractivity contribution in [3.63, 3.8) is 0 Å². The summed E-state index contributed by atoms with van der Waals surface area (Å²) in [4.78, 5) is 8.87. The molecule has 0 aliphatic carbocycles. The van der Waals surface area contributed by atoms with E-state index in [0.717, 1.165) is 6.08 Å². The second-order valence-electron chi connectivity index (χ2n) is 2.15. The van der Waals surface area contributed by atoms with E-state index >= 15 is 0 Å². The van der Waals surface area contributed by atoms with Crippen LogP contribution in [0.2, 0.25) is 0 Å². The molecule has 0 spiro atoms. The van der Waals surface area contributed by atoms with E-state index in [9.17, 15) is 4.79 Å². The fourth-order valence-electron chi connectivity index (χ4n) is 0.646. The number of halogens is 3. The summed E-state index contributed by atoms with van der Waals surface area (Å²) in [6.07, 6.45) is 2.37. The molecule has 6 heteroatoms. The first-order chi connectivity index (χ1) is 5.46. The molecule has 0 bridgehead atoms. The standard InChI is InChI=1S/C6H4Cl3NO2/c7-3-1-6(9,5(11)12)10-2-4(3)8/h1-2,10H,(H,11,12). The number of hydrogen-bond donors (Lipinski definition) is 2. The molecule has 1 aliphatic rings. The van der Waals surface area contributed by atoms with Gasteiger partial charge in [0.15, 0.2) is 0 Å². The summed E-state index contributed by atoms with van der Waals surface area (Å²) < 4.78 is 0. The minimum atomic E-state index is -1.69. The van der Waals surface area contributed by atoms with Crippen molar-refractivity contribution in [1.82, 2.24) is 5.32 Å². The van der Waals surface area contributed by atoms with Crippen molar-refractivity contribution in [2.45, 2.75) is 5.00 Å². The van der Waals surface area contributed by atoms with Crippen LogP contribution < -0.4 is 5.32 Å². The van der Waals surface area contributed by atoms with Gasteiger partial charge in [-0.05, 0) is 6.08 Å². The van der Waals surface area contributed by atoms with Gasteiger partial charge in [0.1, 0.15) is 0 Å². The zero-order chi connectivity index (χ0) is 9.35. The normalized spacial score (nSPS) is 28.6. The number of aliphatic carboxylic acids is 1. The van der Waals surface area contributed by atoms with E-state index in [1.807, 2.05) is 0 Å². The first-order valence-corrected chi connectivity index (χ1v) is 4.03. The van der Waals surface area contributed by atoms with E-state index in [2.05, 4.69) is 5.32 Å². The van der Waals surface area contributed by atoms with Crippen molar-refractivity contribution in [3.8, 4) is 0 Å². The molecule has 1 heterocycles. The van der Waals surface area contributed by atoms with Gasteiger partial charge in [-0.25, -0.2) is 4.79 Å². The van der Waals surface area contributed by atoms with Gasteiger partial charge in [0.05, 0.1) is 10.1 Å². The minimum Gasteiger partial charge on any atom is -0.478 e. The van der Waals surface area contributed by atoms with Crippen LogP contribution in [0.1, 0.15) is 0 Å². The van der Waals surface area contributed by atoms with E-state index in [-0.39, 0.29) is 10.1 Å². The quantitative estimate of drug-likeness (QED) is 0.532. The van der Waals surface area contributed by atoms with Crippen LogP contribution in [0.3, 0.4) is 0 Å². The topological polar surface area (TPSA) is 49.3 Å². The third-order valence-corrected chi connectivity index (χ3v) is 2.38. The second kappa shape index (κ2) is 3.17. The predicted octanol–water partition coefficient (Wildman–Crippen LogP) is 1.81. The van der Waals surface area contributed by atoms with Crippen LogP contribution in [-0.2, 0) is 4.79 Å². The lowest BCUT2D eigenvalue weighted by Crippen LogP contribution is -2.44. The molecule has 1 unspecified atom stereocenters. The summed E-state index contributed by atoms with van der Waals surface area (Å²) in [7, 11) is 0. The number of dihydropyridines is 1. The highest BCUT2D eigenvalue weighted by Gasteiger charge is 2.35. The van der Waals surface area contributed by atoms with E-state index in [1.165, 1.54) is 6.20 Å². The predicted molar refractivity (Wildman–Crippen MR) is 47.2 cm³/mol. The van der Waals surface area contributed by atoms with Gasteiger partial charge in [0, 0.05) is 6.20 Å². The smallest absolute Gasteiger partial charge is 0.349 e. The van der Waals surface area contributed by atoms with Crippen LogP contribution in [0, 0.1) is 0 Å². The van der Waals surface area contributed by atoms with Gasteiger partial charge in [-0.2, -0.15) is 0 Å². The summed E-state index contributed by atoms with van der Waals surface area (Å²) in [6.45, 7) is 0. The summed E-state index contributed by atoms with van der Waals surface area (Å²) >= 11 is 16.7. The minimum absolute atomic E-state index is 0.118. The summed E-state index contributed by atoms with van der Waals surface area (Å²) in [6, 6.07) is 0. The summed E-state index contributed by atoms with van der Waals surface area (Å²) in [5.41, 5.74) is 0. The Hall–Kier alpha value is -0.380. The lowest BCUT2D eigenvalue weighted by molar-refractivity contribution is -0.139. The molecule has 0 aromatic carbocycles. The average molecular weight is 228 g/mol. The molecule has 3 nitrogen and oxygen atoms in total. The monoisotopic (exact) mass is 227 g/mol. The van der Waals surface area contributed by atoms with Crippen LogP contribution in [0.15, 0.2) is 22.3 Å². The Morgan fingerprint density at radius 2 is 2.08 bits per heavy atom. The highest BCUT2D eigenvalue weighted by atomic mass is 35.5. The Bertz CT molecular complexity index is 287. The first-order valence-electron chi connectivity index (χ1n) is 2.90. The van der Waals surface area contributed by atoms with E-state index < -0.39 is 11.0 Å². The molecule has 0 aromatic heterocycles. The van der Waals surface area contributed by atoms with Gasteiger partial charge in [-0.1, -0.05) is 34.8 Å². The lowest BCUT2D eigenvalue weighted by Gasteiger charge is -2.22. The summed E-state index contributed by atoms with van der Waals surface area (Å²) in [5.74, 6) is -1.23. The van der Waals surface area contributed by atoms with Crippen molar-refractivity contribution in [2.24, 2.45) is 0 Å². The SMILES string of the molecule is O=C(O)C1(Cl)C=C(Cl)C(Cl)=CN1. The number of carboxylic acid groups (broad SMARTS) is 1. The Balaban J connectivity index is 2.98. The van der Waals surface area contributed by atoms with E-state index in [1.54, 1.807) is 0 Å². The molecule has 0 fully saturated rings. The van der Waals surface area contributed by atoms with Gasteiger partial charge in [0.25, 0.3) is 0 Å². The molecule has 1 atom stereocenters. The van der Waals surface area contributed by atoms with Crippen molar-refractivity contribution in [1.29, 1.82) is 0 Å². The number of carboxylic acids is 1. The molecule has 0 amide bonds. The number of hydrogen-bond acceptors (Lipinski definition) is 2. The average Bonchev–Trinajstić information content (AvgIpc) is 1.97. The van der Waals surface area contributed by atoms with Crippen molar-refractivity contribution >= 4 is 40.8 Å². The van der Waals surface area contributed by atoms with Crippen LogP contribution in [0.4, 0.5) is 0 Å². The van der Waals surface area contributed by atoms with Crippen molar-refractivity contribution < 1.29 is 9.90 Å². The fraction of sp³-hybridized carbons (Fsp3) is 0.167. The Morgan fingerprint density at radius 3 is 2.50 bits per heavy atom. The summed E-state index contributed by atoms with van der Waals surface area (Å²) in [5, 5.41) is 11.4. The van der Waals surface area contributed by atoms with Gasteiger partial charge < -0.3 is 10.4 Å². The number of rotatable bonds is 1. The highest BCUT2D eigenvalue weighted by molar-refractivity contribution is 6.45. The lowest BCUT2D eigenvalue weighted by atomic mass is 10.2. The maximum Gasteiger partial charge on any atom is 0.349 e. The third kappa shape index (κ3) is 1.68. The van der Waals surface area contributed by atoms with Crippen LogP contribution in [0.5, 0.6) is 0 Å². The third-order valence-electron chi connectivity index (χ3n) is 1.27. The van der Waals surface area contributed by atoms with E-state index in [0.29, 0.717) is 0 Å². The number of nitrogens with one attached hydrogen (secondary N) is 1. The highest BCUT2D eigenvalue weighted by Crippen LogP contribution is 2.28. The molecule has 66 valence electrons. The molecular weight excluding hydrogens is 224 g/mol. The zero-order valence-corrected chi connectivity index (χ0v) is 7.91. The van der Waals surface area contributed by atoms with Gasteiger partial charge in [-0.3, -0.25) is 0 Å². The van der Waals surface area contributed by atoms with Crippen LogP contribution in [-0.4, -0.2) is 16.1 Å². The molecule has 2 N–H and O–H groups in total. The first kappa shape index (κ1) is 9.71. The molecule has 12 heavy (non-hydrogen) atoms. The number of alkyl halides is 1. The Kier molecular flexibility index (Phi) is 2.56. The molecule has 1 rings (SSSR count). The van der Waals surface area contributed by atoms with Crippen LogP contribution >= 0.6 is 34.8 Å². The molecule has 0 radical (unpaired) electrons. The maximum absolute atomic E-state index is 10.6. The van der Waals surface area contributed by atoms with Gasteiger partial charge >= 0.3 is 5.97 Å². The zero-order valence-electron chi connectivity index (χ0n) is 5.64. The van der Waals surface area contributed by atoms with Crippen LogP contribution in [0.25, 0.3) is 0 Å². The number of allylic oxidation sites excluding steroid dienone is 2. The molecule has 1 aliphatic heterocycles. The maximum atomic E-state index is 10.6. The molecule has 0 saturated carbocycles. The van der Waals surface area contributed by atoms with Crippen molar-refractivity contribution in [3.05, 3.63) is 22.3 Å². The van der Waals surface area contributed by atoms with E-state index in [4.69, 9.17) is 39.9 Å². The van der Waals surface area contributed by atoms with Gasteiger partial charge in [-0.15, -0.1) is 0 Å². The molecule has 0 saturated heterocycles. The largest absolute Gasteiger partial charge is 0.478 e. The Labute approximate surface area is 83.6 Å². The molecular formula is C6H4Cl3NO2.